The van der Waals surface area contributed by atoms with E-state index in [4.69, 9.17) is 0 Å². The minimum atomic E-state index is 0. The number of hydrogen-bond donors (Lipinski definition) is 0. The van der Waals surface area contributed by atoms with Gasteiger partial charge in [-0.05, 0) is 5.56 Å². The molecule has 0 bridgehead atoms. The van der Waals surface area contributed by atoms with E-state index in [1.165, 1.54) is 0 Å². The van der Waals surface area contributed by atoms with Gasteiger partial charge in [-0.25, -0.2) is 0 Å². The second kappa shape index (κ2) is 6.66. The molecule has 0 spiro atoms. The fraction of sp³-hybridized carbons (Fsp3) is 0. The van der Waals surface area contributed by atoms with Gasteiger partial charge in [-0.3, -0.25) is 0 Å². The van der Waals surface area contributed by atoms with Crippen molar-refractivity contribution in [3.05, 3.63) is 66.2 Å². The monoisotopic (exact) mass is 220 g/mol. The summed E-state index contributed by atoms with van der Waals surface area (Å²) in [7, 11) is 0.737. The average molecular weight is 220 g/mol. The van der Waals surface area contributed by atoms with E-state index in [-0.39, 0.29) is 24.4 Å². The molecule has 2 rings (SSSR count). The van der Waals surface area contributed by atoms with Gasteiger partial charge in [-0.2, -0.15) is 5.30 Å². The van der Waals surface area contributed by atoms with E-state index in [0.717, 1.165) is 19.4 Å². The summed E-state index contributed by atoms with van der Waals surface area (Å²) in [5, 5.41) is 1.03. The number of benzene rings is 2. The van der Waals surface area contributed by atoms with E-state index >= 15 is 0 Å². The third-order valence-corrected chi connectivity index (χ3v) is 3.03. The number of hydrogen-bond acceptors (Lipinski definition) is 1. The molecule has 1 nitrogen and oxygen atoms in total. The normalized spacial score (nSPS) is 10.0. The summed E-state index contributed by atoms with van der Waals surface area (Å²) in [6.45, 7) is 0. The van der Waals surface area contributed by atoms with E-state index in [1.807, 2.05) is 60.7 Å². The Morgan fingerprint density at radius 3 is 1.88 bits per heavy atom. The van der Waals surface area contributed by atoms with Gasteiger partial charge in [0, 0.05) is 5.52 Å². The van der Waals surface area contributed by atoms with Crippen molar-refractivity contribution >= 4 is 19.4 Å². The third kappa shape index (κ3) is 3.62. The summed E-state index contributed by atoms with van der Waals surface area (Å²) in [5.41, 5.74) is 0.907. The van der Waals surface area contributed by atoms with Gasteiger partial charge in [0.05, 0.1) is 0 Å². The average Bonchev–Trinajstić information content (AvgIpc) is 2.31. The van der Waals surface area contributed by atoms with Crippen molar-refractivity contribution in [2.75, 3.05) is 0 Å². The summed E-state index contributed by atoms with van der Waals surface area (Å²) in [6, 6.07) is 19.1. The van der Waals surface area contributed by atoms with Gasteiger partial charge in [-0.1, -0.05) is 60.7 Å². The Morgan fingerprint density at radius 1 is 0.812 bits per heavy atom. The molecule has 0 heterocycles. The van der Waals surface area contributed by atoms with Crippen LogP contribution in [0, 0.1) is 0 Å². The first-order chi connectivity index (χ1) is 7.36. The Labute approximate surface area is 109 Å². The maximum atomic E-state index is 11.8. The van der Waals surface area contributed by atoms with E-state index in [0.29, 0.717) is 0 Å². The van der Waals surface area contributed by atoms with E-state index in [9.17, 15) is 4.79 Å². The summed E-state index contributed by atoms with van der Waals surface area (Å²) in [6.07, 6.45) is 0. The van der Waals surface area contributed by atoms with Crippen LogP contribution in [-0.2, 0) is 0 Å². The molecule has 0 radical (unpaired) electrons. The van der Waals surface area contributed by atoms with Crippen LogP contribution in [0.2, 0.25) is 0 Å². The molecule has 0 N–H and O–H groups in total. The second-order valence-corrected chi connectivity index (χ2v) is 4.26. The molecule has 2 aromatic carbocycles. The van der Waals surface area contributed by atoms with Crippen LogP contribution in [0.1, 0.15) is 10.4 Å². The van der Waals surface area contributed by atoms with Crippen LogP contribution < -0.4 is 24.2 Å². The first-order valence-electron chi connectivity index (χ1n) is 4.72. The van der Waals surface area contributed by atoms with Gasteiger partial charge in [0.15, 0.2) is 0 Å². The SMILES string of the molecule is O=C([P-]c1ccccc1)c1ccccc1.[Li+]. The molecule has 0 aliphatic rings. The summed E-state index contributed by atoms with van der Waals surface area (Å²) in [5.74, 6) is 0. The van der Waals surface area contributed by atoms with Gasteiger partial charge in [0.1, 0.15) is 0 Å². The summed E-state index contributed by atoms with van der Waals surface area (Å²) in [4.78, 5) is 11.8. The molecule has 3 heteroatoms. The molecule has 0 atom stereocenters. The van der Waals surface area contributed by atoms with Crippen molar-refractivity contribution in [1.29, 1.82) is 0 Å². The van der Waals surface area contributed by atoms with Gasteiger partial charge in [-0.15, -0.1) is 0 Å². The molecular formula is C13H10LiOP. The maximum absolute atomic E-state index is 11.8. The molecule has 74 valence electrons. The Balaban J connectivity index is 0.00000128. The van der Waals surface area contributed by atoms with Crippen molar-refractivity contribution < 1.29 is 23.7 Å². The summed E-state index contributed by atoms with van der Waals surface area (Å²) >= 11 is 0. The Hall–Kier alpha value is -0.863. The van der Waals surface area contributed by atoms with Crippen LogP contribution in [0.5, 0.6) is 0 Å². The molecule has 0 aliphatic heterocycles. The Kier molecular flexibility index (Phi) is 5.50. The number of carbonyl (C=O) groups excluding carboxylic acids is 1. The molecule has 0 unspecified atom stereocenters. The van der Waals surface area contributed by atoms with Crippen molar-refractivity contribution in [2.45, 2.75) is 0 Å². The van der Waals surface area contributed by atoms with Crippen LogP contribution in [0.15, 0.2) is 60.7 Å². The van der Waals surface area contributed by atoms with Crippen LogP contribution in [0.25, 0.3) is 0 Å². The zero-order valence-corrected chi connectivity index (χ0v) is 10.0. The standard InChI is InChI=1S/C13H10OP.Li/c14-13(11-7-3-1-4-8-11)15-12-9-5-2-6-10-12;/h1-10H;/q-1;+1. The van der Waals surface area contributed by atoms with Crippen molar-refractivity contribution in [2.24, 2.45) is 0 Å². The van der Waals surface area contributed by atoms with Crippen molar-refractivity contribution in [3.63, 3.8) is 0 Å². The van der Waals surface area contributed by atoms with Crippen molar-refractivity contribution in [3.8, 4) is 0 Å². The molecule has 0 aromatic heterocycles. The van der Waals surface area contributed by atoms with Gasteiger partial charge < -0.3 is 13.4 Å². The van der Waals surface area contributed by atoms with Gasteiger partial charge >= 0.3 is 18.9 Å². The number of carbonyl (C=O) groups is 1. The summed E-state index contributed by atoms with van der Waals surface area (Å²) < 4.78 is 0. The topological polar surface area (TPSA) is 17.1 Å². The molecule has 0 amide bonds. The first-order valence-corrected chi connectivity index (χ1v) is 5.62. The van der Waals surface area contributed by atoms with E-state index < -0.39 is 0 Å². The first kappa shape index (κ1) is 13.2. The minimum Gasteiger partial charge on any atom is -0.426 e. The van der Waals surface area contributed by atoms with Gasteiger partial charge in [0.25, 0.3) is 0 Å². The van der Waals surface area contributed by atoms with Gasteiger partial charge in [0.2, 0.25) is 0 Å². The molecule has 16 heavy (non-hydrogen) atoms. The fourth-order valence-corrected chi connectivity index (χ4v) is 2.10. The smallest absolute Gasteiger partial charge is 0.426 e. The van der Waals surface area contributed by atoms with Crippen LogP contribution in [0.3, 0.4) is 0 Å². The molecule has 0 saturated carbocycles. The Morgan fingerprint density at radius 2 is 1.31 bits per heavy atom. The largest absolute Gasteiger partial charge is 1.00 e. The fourth-order valence-electron chi connectivity index (χ4n) is 1.27. The van der Waals surface area contributed by atoms with E-state index in [2.05, 4.69) is 0 Å². The zero-order valence-electron chi connectivity index (χ0n) is 9.13. The third-order valence-electron chi connectivity index (χ3n) is 2.01. The van der Waals surface area contributed by atoms with Crippen LogP contribution in [-0.4, -0.2) is 5.52 Å². The van der Waals surface area contributed by atoms with E-state index in [1.54, 1.807) is 0 Å². The zero-order chi connectivity index (χ0) is 10.5. The predicted molar refractivity (Wildman–Crippen MR) is 63.8 cm³/mol. The quantitative estimate of drug-likeness (QED) is 0.529. The predicted octanol–water partition coefficient (Wildman–Crippen LogP) is 0.102. The van der Waals surface area contributed by atoms with Crippen molar-refractivity contribution in [1.82, 2.24) is 0 Å². The van der Waals surface area contributed by atoms with Crippen LogP contribution in [0.4, 0.5) is 0 Å². The molecule has 0 saturated heterocycles. The molecular weight excluding hydrogens is 210 g/mol. The second-order valence-electron chi connectivity index (χ2n) is 3.12. The molecule has 0 fully saturated rings. The van der Waals surface area contributed by atoms with Crippen LogP contribution >= 0.6 is 8.58 Å². The molecule has 2 aromatic rings. The number of rotatable bonds is 3. The minimum absolute atomic E-state index is 0. The Bertz CT molecular complexity index is 442. The molecule has 0 aliphatic carbocycles. The maximum Gasteiger partial charge on any atom is 1.00 e.